The molecule has 4 nitrogen and oxygen atoms in total. The largest absolute Gasteiger partial charge is 0.486 e. The Labute approximate surface area is 221 Å². The molecule has 32 heavy (non-hydrogen) atoms. The van der Waals surface area contributed by atoms with Crippen molar-refractivity contribution in [2.45, 2.75) is 13.5 Å². The molecule has 162 valence electrons. The Morgan fingerprint density at radius 2 is 1.84 bits per heavy atom. The summed E-state index contributed by atoms with van der Waals surface area (Å²) in [6.45, 7) is 2.33. The van der Waals surface area contributed by atoms with Gasteiger partial charge in [0.2, 0.25) is 5.90 Å². The van der Waals surface area contributed by atoms with Crippen LogP contribution in [0.3, 0.4) is 0 Å². The third-order valence-electron chi connectivity index (χ3n) is 4.68. The summed E-state index contributed by atoms with van der Waals surface area (Å²) < 4.78 is 13.9. The molecule has 0 N–H and O–H groups in total. The molecule has 0 fully saturated rings. The second-order valence-electron chi connectivity index (χ2n) is 6.99. The van der Waals surface area contributed by atoms with Crippen LogP contribution in [0.15, 0.2) is 74.2 Å². The summed E-state index contributed by atoms with van der Waals surface area (Å²) in [6, 6.07) is 17.1. The van der Waals surface area contributed by atoms with E-state index in [4.69, 9.17) is 21.1 Å². The number of benzene rings is 3. The normalized spacial score (nSPS) is 14.5. The van der Waals surface area contributed by atoms with Crippen molar-refractivity contribution in [3.63, 3.8) is 0 Å². The van der Waals surface area contributed by atoms with Gasteiger partial charge in [0.25, 0.3) is 0 Å². The van der Waals surface area contributed by atoms with Gasteiger partial charge < -0.3 is 9.47 Å². The van der Waals surface area contributed by atoms with Crippen molar-refractivity contribution < 1.29 is 14.3 Å². The number of aliphatic imine (C=N–C) groups is 1. The Kier molecular flexibility index (Phi) is 7.39. The number of nitrogens with zero attached hydrogens (tertiary/aromatic N) is 1. The lowest BCUT2D eigenvalue weighted by Crippen LogP contribution is -2.05. The highest BCUT2D eigenvalue weighted by molar-refractivity contribution is 14.1. The molecule has 3 aromatic carbocycles. The number of rotatable bonds is 5. The van der Waals surface area contributed by atoms with Gasteiger partial charge in [-0.2, -0.15) is 0 Å². The van der Waals surface area contributed by atoms with Crippen LogP contribution in [-0.4, -0.2) is 11.9 Å². The van der Waals surface area contributed by atoms with Crippen molar-refractivity contribution in [2.75, 3.05) is 0 Å². The van der Waals surface area contributed by atoms with E-state index in [2.05, 4.69) is 59.4 Å². The molecule has 0 spiro atoms. The average Bonchev–Trinajstić information content (AvgIpc) is 3.11. The predicted octanol–water partition coefficient (Wildman–Crippen LogP) is 7.70. The number of cyclic esters (lactones) is 1. The van der Waals surface area contributed by atoms with Crippen molar-refractivity contribution in [1.82, 2.24) is 0 Å². The maximum Gasteiger partial charge on any atom is 0.363 e. The van der Waals surface area contributed by atoms with Crippen LogP contribution in [0.5, 0.6) is 5.75 Å². The van der Waals surface area contributed by atoms with E-state index in [-0.39, 0.29) is 5.70 Å². The monoisotopic (exact) mass is 685 g/mol. The number of halogens is 4. The first-order valence-corrected chi connectivity index (χ1v) is 12.5. The zero-order chi connectivity index (χ0) is 22.8. The highest BCUT2D eigenvalue weighted by Crippen LogP contribution is 2.36. The number of esters is 1. The van der Waals surface area contributed by atoms with Gasteiger partial charge in [-0.1, -0.05) is 29.8 Å². The molecule has 0 saturated heterocycles. The third-order valence-corrected chi connectivity index (χ3v) is 7.44. The van der Waals surface area contributed by atoms with Crippen molar-refractivity contribution in [2.24, 2.45) is 4.99 Å². The fraction of sp³-hybridized carbons (Fsp3) is 0.0833. The standard InChI is InChI=1S/C24H15Br2ClINO3/c1-13-8-15(6-7-20(13)28)23-29-21(24(30)32-23)11-14-9-17(25)22(18(26)10-14)31-12-16-4-2-3-5-19(16)27/h2-11H,12H2,1H3/b21-11-. The van der Waals surface area contributed by atoms with Gasteiger partial charge in [-0.15, -0.1) is 0 Å². The first-order valence-electron chi connectivity index (χ1n) is 9.46. The predicted molar refractivity (Wildman–Crippen MR) is 142 cm³/mol. The van der Waals surface area contributed by atoms with E-state index in [9.17, 15) is 4.79 Å². The van der Waals surface area contributed by atoms with Gasteiger partial charge in [-0.25, -0.2) is 9.79 Å². The molecule has 0 radical (unpaired) electrons. The zero-order valence-corrected chi connectivity index (χ0v) is 22.7. The molecule has 4 rings (SSSR count). The first-order chi connectivity index (χ1) is 15.3. The van der Waals surface area contributed by atoms with Gasteiger partial charge in [0, 0.05) is 19.7 Å². The van der Waals surface area contributed by atoms with Gasteiger partial charge in [-0.05, 0) is 115 Å². The quantitative estimate of drug-likeness (QED) is 0.157. The van der Waals surface area contributed by atoms with E-state index in [0.717, 1.165) is 34.8 Å². The minimum Gasteiger partial charge on any atom is -0.486 e. The maximum absolute atomic E-state index is 12.4. The van der Waals surface area contributed by atoms with Gasteiger partial charge in [0.1, 0.15) is 12.4 Å². The molecular weight excluding hydrogens is 672 g/mol. The van der Waals surface area contributed by atoms with Crippen LogP contribution in [0.4, 0.5) is 0 Å². The molecule has 1 heterocycles. The summed E-state index contributed by atoms with van der Waals surface area (Å²) in [5.74, 6) is 0.459. The Morgan fingerprint density at radius 1 is 1.12 bits per heavy atom. The van der Waals surface area contributed by atoms with Crippen LogP contribution < -0.4 is 4.74 Å². The fourth-order valence-corrected chi connectivity index (χ4v) is 5.01. The molecule has 3 aromatic rings. The van der Waals surface area contributed by atoms with Crippen molar-refractivity contribution in [3.8, 4) is 5.75 Å². The van der Waals surface area contributed by atoms with E-state index in [1.807, 2.05) is 61.5 Å². The molecule has 0 atom stereocenters. The Morgan fingerprint density at radius 3 is 2.53 bits per heavy atom. The SMILES string of the molecule is Cc1cc(C2=N/C(=C\c3cc(Br)c(OCc4ccccc4Cl)c(Br)c3)C(=O)O2)ccc1I. The number of carbonyl (C=O) groups is 1. The van der Waals surface area contributed by atoms with Crippen LogP contribution in [0.2, 0.25) is 5.02 Å². The molecule has 1 aliphatic heterocycles. The molecule has 0 aliphatic carbocycles. The van der Waals surface area contributed by atoms with Crippen LogP contribution >= 0.6 is 66.1 Å². The molecule has 0 aromatic heterocycles. The molecule has 1 aliphatic rings. The number of ether oxygens (including phenoxy) is 2. The summed E-state index contributed by atoms with van der Waals surface area (Å²) in [7, 11) is 0. The van der Waals surface area contributed by atoms with Gasteiger partial charge in [-0.3, -0.25) is 0 Å². The van der Waals surface area contributed by atoms with Crippen LogP contribution in [-0.2, 0) is 16.1 Å². The highest BCUT2D eigenvalue weighted by Gasteiger charge is 2.24. The van der Waals surface area contributed by atoms with Gasteiger partial charge in [0.15, 0.2) is 5.70 Å². The number of carbonyl (C=O) groups excluding carboxylic acids is 1. The number of hydrogen-bond acceptors (Lipinski definition) is 4. The average molecular weight is 688 g/mol. The summed E-state index contributed by atoms with van der Waals surface area (Å²) in [5, 5.41) is 0.651. The Balaban J connectivity index is 1.57. The summed E-state index contributed by atoms with van der Waals surface area (Å²) in [6.07, 6.45) is 1.68. The first kappa shape index (κ1) is 23.5. The molecule has 0 unspecified atom stereocenters. The fourth-order valence-electron chi connectivity index (χ4n) is 3.03. The number of hydrogen-bond donors (Lipinski definition) is 0. The van der Waals surface area contributed by atoms with Crippen LogP contribution in [0.1, 0.15) is 22.3 Å². The van der Waals surface area contributed by atoms with E-state index in [1.165, 1.54) is 0 Å². The summed E-state index contributed by atoms with van der Waals surface area (Å²) in [5.41, 5.74) is 3.76. The Hall–Kier alpha value is -1.68. The van der Waals surface area contributed by atoms with E-state index < -0.39 is 5.97 Å². The third kappa shape index (κ3) is 5.27. The second kappa shape index (κ2) is 10.1. The minimum atomic E-state index is -0.484. The lowest BCUT2D eigenvalue weighted by atomic mass is 10.1. The van der Waals surface area contributed by atoms with E-state index >= 15 is 0 Å². The molecule has 8 heteroatoms. The van der Waals surface area contributed by atoms with Crippen LogP contribution in [0, 0.1) is 10.5 Å². The smallest absolute Gasteiger partial charge is 0.363 e. The van der Waals surface area contributed by atoms with Crippen molar-refractivity contribution in [3.05, 3.63) is 100 Å². The molecule has 0 amide bonds. The zero-order valence-electron chi connectivity index (χ0n) is 16.7. The second-order valence-corrected chi connectivity index (χ2v) is 10.3. The molecule has 0 bridgehead atoms. The summed E-state index contributed by atoms with van der Waals surface area (Å²) in [4.78, 5) is 16.8. The summed E-state index contributed by atoms with van der Waals surface area (Å²) >= 11 is 15.6. The van der Waals surface area contributed by atoms with Crippen LogP contribution in [0.25, 0.3) is 6.08 Å². The molecule has 0 saturated carbocycles. The van der Waals surface area contributed by atoms with E-state index in [0.29, 0.717) is 23.3 Å². The highest BCUT2D eigenvalue weighted by atomic mass is 127. The topological polar surface area (TPSA) is 47.9 Å². The van der Waals surface area contributed by atoms with Gasteiger partial charge >= 0.3 is 5.97 Å². The van der Waals surface area contributed by atoms with Crippen molar-refractivity contribution in [1.29, 1.82) is 0 Å². The minimum absolute atomic E-state index is 0.236. The molecular formula is C24H15Br2ClINO3. The Bertz CT molecular complexity index is 1270. The lowest BCUT2D eigenvalue weighted by molar-refractivity contribution is -0.129. The number of aryl methyl sites for hydroxylation is 1. The lowest BCUT2D eigenvalue weighted by Gasteiger charge is -2.12. The van der Waals surface area contributed by atoms with Crippen molar-refractivity contribution >= 4 is 84.0 Å². The maximum atomic E-state index is 12.4. The van der Waals surface area contributed by atoms with E-state index in [1.54, 1.807) is 6.08 Å². The van der Waals surface area contributed by atoms with Gasteiger partial charge in [0.05, 0.1) is 8.95 Å².